The molecule has 34 heavy (non-hydrogen) atoms. The zero-order valence-corrected chi connectivity index (χ0v) is 19.4. The van der Waals surface area contributed by atoms with Crippen LogP contribution in [-0.2, 0) is 0 Å². The predicted molar refractivity (Wildman–Crippen MR) is 133 cm³/mol. The van der Waals surface area contributed by atoms with Gasteiger partial charge in [0.2, 0.25) is 0 Å². The van der Waals surface area contributed by atoms with Crippen LogP contribution in [0.25, 0.3) is 6.08 Å². The molecular formula is C26H27N3O5. The molecule has 1 saturated heterocycles. The summed E-state index contributed by atoms with van der Waals surface area (Å²) in [5.74, 6) is 2.17. The molecule has 0 aromatic heterocycles. The van der Waals surface area contributed by atoms with Gasteiger partial charge in [-0.2, -0.15) is 0 Å². The van der Waals surface area contributed by atoms with Crippen LogP contribution in [0.3, 0.4) is 0 Å². The van der Waals surface area contributed by atoms with E-state index in [0.717, 1.165) is 36.0 Å². The quantitative estimate of drug-likeness (QED) is 0.346. The molecule has 1 heterocycles. The highest BCUT2D eigenvalue weighted by Crippen LogP contribution is 2.32. The summed E-state index contributed by atoms with van der Waals surface area (Å²) in [6.07, 6.45) is 3.81. The van der Waals surface area contributed by atoms with Crippen LogP contribution in [0, 0.1) is 10.1 Å². The Morgan fingerprint density at radius 2 is 1.35 bits per heavy atom. The van der Waals surface area contributed by atoms with Gasteiger partial charge in [0.1, 0.15) is 23.4 Å². The van der Waals surface area contributed by atoms with Crippen molar-refractivity contribution in [3.05, 3.63) is 88.5 Å². The Morgan fingerprint density at radius 3 is 1.79 bits per heavy atom. The molecule has 8 nitrogen and oxygen atoms in total. The fourth-order valence-electron chi connectivity index (χ4n) is 4.12. The summed E-state index contributed by atoms with van der Waals surface area (Å²) in [6, 6.07) is 20.5. The Hall–Kier alpha value is -4.20. The molecule has 0 amide bonds. The van der Waals surface area contributed by atoms with E-state index in [0.29, 0.717) is 11.3 Å². The van der Waals surface area contributed by atoms with Crippen molar-refractivity contribution in [2.45, 2.75) is 6.17 Å². The first-order valence-electron chi connectivity index (χ1n) is 10.9. The topological polar surface area (TPSA) is 77.3 Å². The molecule has 3 aromatic carbocycles. The van der Waals surface area contributed by atoms with Gasteiger partial charge in [-0.15, -0.1) is 0 Å². The van der Waals surface area contributed by atoms with Crippen molar-refractivity contribution in [2.24, 2.45) is 0 Å². The van der Waals surface area contributed by atoms with Crippen molar-refractivity contribution in [1.82, 2.24) is 0 Å². The molecule has 4 rings (SSSR count). The predicted octanol–water partition coefficient (Wildman–Crippen LogP) is 4.99. The molecule has 1 aliphatic rings. The van der Waals surface area contributed by atoms with Crippen LogP contribution in [0.2, 0.25) is 0 Å². The Labute approximate surface area is 198 Å². The smallest absolute Gasteiger partial charge is 0.270 e. The number of benzene rings is 3. The molecule has 176 valence electrons. The van der Waals surface area contributed by atoms with E-state index in [9.17, 15) is 10.1 Å². The zero-order valence-electron chi connectivity index (χ0n) is 19.4. The van der Waals surface area contributed by atoms with Gasteiger partial charge in [0.05, 0.1) is 26.3 Å². The molecular weight excluding hydrogens is 434 g/mol. The highest BCUT2D eigenvalue weighted by atomic mass is 16.6. The summed E-state index contributed by atoms with van der Waals surface area (Å²) < 4.78 is 16.1. The van der Waals surface area contributed by atoms with Crippen molar-refractivity contribution >= 4 is 23.1 Å². The zero-order chi connectivity index (χ0) is 24.1. The van der Waals surface area contributed by atoms with E-state index in [1.54, 1.807) is 27.4 Å². The Bertz CT molecular complexity index is 1110. The minimum Gasteiger partial charge on any atom is -0.497 e. The first-order valence-corrected chi connectivity index (χ1v) is 10.9. The molecule has 1 fully saturated rings. The molecule has 0 unspecified atom stereocenters. The van der Waals surface area contributed by atoms with Crippen LogP contribution in [0.15, 0.2) is 72.8 Å². The van der Waals surface area contributed by atoms with Gasteiger partial charge in [-0.3, -0.25) is 10.1 Å². The van der Waals surface area contributed by atoms with Crippen LogP contribution < -0.4 is 24.0 Å². The second kappa shape index (κ2) is 10.2. The van der Waals surface area contributed by atoms with Gasteiger partial charge in [0, 0.05) is 42.2 Å². The van der Waals surface area contributed by atoms with Crippen molar-refractivity contribution in [3.8, 4) is 17.2 Å². The van der Waals surface area contributed by atoms with Gasteiger partial charge in [-0.05, 0) is 60.7 Å². The summed E-state index contributed by atoms with van der Waals surface area (Å²) in [5, 5.41) is 11.3. The Morgan fingerprint density at radius 1 is 0.824 bits per heavy atom. The molecule has 0 N–H and O–H groups in total. The number of rotatable bonds is 8. The molecule has 1 aliphatic heterocycles. The number of anilines is 2. The second-order valence-electron chi connectivity index (χ2n) is 7.74. The lowest BCUT2D eigenvalue weighted by atomic mass is 10.1. The van der Waals surface area contributed by atoms with Crippen molar-refractivity contribution < 1.29 is 19.1 Å². The van der Waals surface area contributed by atoms with Crippen molar-refractivity contribution in [3.63, 3.8) is 0 Å². The van der Waals surface area contributed by atoms with Crippen LogP contribution in [0.5, 0.6) is 17.2 Å². The summed E-state index contributed by atoms with van der Waals surface area (Å²) >= 11 is 0. The lowest BCUT2D eigenvalue weighted by Crippen LogP contribution is -2.37. The molecule has 0 bridgehead atoms. The Balaban J connectivity index is 1.71. The molecule has 0 radical (unpaired) electrons. The number of hydrogen-bond donors (Lipinski definition) is 0. The summed E-state index contributed by atoms with van der Waals surface area (Å²) in [5.41, 5.74) is 2.77. The number of nitro benzene ring substituents is 1. The standard InChI is InChI=1S/C26H27N3O5/c1-32-23-10-5-20(6-11-23)27-16-17-28(21-7-12-24(33-2)13-8-21)26(27)15-4-19-18-22(29(30)31)9-14-25(19)34-3/h4-15,18,26H,16-17H2,1-3H3. The lowest BCUT2D eigenvalue weighted by molar-refractivity contribution is -0.384. The van der Waals surface area contributed by atoms with E-state index in [1.807, 2.05) is 60.7 Å². The van der Waals surface area contributed by atoms with E-state index in [-0.39, 0.29) is 11.9 Å². The summed E-state index contributed by atoms with van der Waals surface area (Å²) in [6.45, 7) is 1.61. The van der Waals surface area contributed by atoms with Crippen molar-refractivity contribution in [1.29, 1.82) is 0 Å². The number of nitro groups is 1. The average Bonchev–Trinajstić information content (AvgIpc) is 3.31. The third-order valence-corrected chi connectivity index (χ3v) is 5.90. The molecule has 0 atom stereocenters. The minimum atomic E-state index is -0.403. The first-order chi connectivity index (χ1) is 16.5. The molecule has 0 spiro atoms. The van der Waals surface area contributed by atoms with Crippen molar-refractivity contribution in [2.75, 3.05) is 44.2 Å². The van der Waals surface area contributed by atoms with Crippen LogP contribution in [0.4, 0.5) is 17.1 Å². The lowest BCUT2D eigenvalue weighted by Gasteiger charge is -2.31. The van der Waals surface area contributed by atoms with E-state index >= 15 is 0 Å². The van der Waals surface area contributed by atoms with Gasteiger partial charge < -0.3 is 24.0 Å². The van der Waals surface area contributed by atoms with Gasteiger partial charge in [0.15, 0.2) is 0 Å². The second-order valence-corrected chi connectivity index (χ2v) is 7.74. The highest BCUT2D eigenvalue weighted by Gasteiger charge is 2.30. The van der Waals surface area contributed by atoms with Gasteiger partial charge in [-0.25, -0.2) is 0 Å². The van der Waals surface area contributed by atoms with Gasteiger partial charge in [-0.1, -0.05) is 6.08 Å². The Kier molecular flexibility index (Phi) is 6.87. The third-order valence-electron chi connectivity index (χ3n) is 5.90. The number of ether oxygens (including phenoxy) is 3. The fourth-order valence-corrected chi connectivity index (χ4v) is 4.12. The maximum Gasteiger partial charge on any atom is 0.270 e. The molecule has 0 saturated carbocycles. The van der Waals surface area contributed by atoms with E-state index in [4.69, 9.17) is 14.2 Å². The van der Waals surface area contributed by atoms with E-state index in [2.05, 4.69) is 9.80 Å². The number of nitrogens with zero attached hydrogens (tertiary/aromatic N) is 3. The minimum absolute atomic E-state index is 0.0193. The normalized spacial score (nSPS) is 14.0. The van der Waals surface area contributed by atoms with Gasteiger partial charge in [0.25, 0.3) is 5.69 Å². The third kappa shape index (κ3) is 4.76. The van der Waals surface area contributed by atoms with E-state index < -0.39 is 4.92 Å². The number of hydrogen-bond acceptors (Lipinski definition) is 7. The maximum absolute atomic E-state index is 11.3. The monoisotopic (exact) mass is 461 g/mol. The van der Waals surface area contributed by atoms with E-state index in [1.165, 1.54) is 12.1 Å². The average molecular weight is 462 g/mol. The summed E-state index contributed by atoms with van der Waals surface area (Å²) in [7, 11) is 4.85. The molecule has 8 heteroatoms. The van der Waals surface area contributed by atoms with Gasteiger partial charge >= 0.3 is 0 Å². The van der Waals surface area contributed by atoms with Crippen LogP contribution >= 0.6 is 0 Å². The van der Waals surface area contributed by atoms with Crippen LogP contribution in [0.1, 0.15) is 5.56 Å². The molecule has 3 aromatic rings. The fraction of sp³-hybridized carbons (Fsp3) is 0.231. The number of methoxy groups -OCH3 is 3. The highest BCUT2D eigenvalue weighted by molar-refractivity contribution is 5.66. The first kappa shape index (κ1) is 23.0. The number of non-ortho nitro benzene ring substituents is 1. The summed E-state index contributed by atoms with van der Waals surface area (Å²) in [4.78, 5) is 15.5. The SMILES string of the molecule is COc1ccc(N2CCN(c3ccc(OC)cc3)C2C=Cc2cc([N+](=O)[O-])ccc2OC)cc1. The maximum atomic E-state index is 11.3. The van der Waals surface area contributed by atoms with Crippen LogP contribution in [-0.4, -0.2) is 45.5 Å². The molecule has 0 aliphatic carbocycles. The largest absolute Gasteiger partial charge is 0.497 e.